The van der Waals surface area contributed by atoms with Crippen LogP contribution in [0.5, 0.6) is 0 Å². The van der Waals surface area contributed by atoms with E-state index < -0.39 is 11.9 Å². The summed E-state index contributed by atoms with van der Waals surface area (Å²) in [4.78, 5) is 26.7. The predicted octanol–water partition coefficient (Wildman–Crippen LogP) is 0.827. The van der Waals surface area contributed by atoms with Crippen LogP contribution in [0.3, 0.4) is 0 Å². The van der Waals surface area contributed by atoms with Crippen LogP contribution < -0.4 is 0 Å². The highest BCUT2D eigenvalue weighted by Gasteiger charge is 2.26. The first-order valence-corrected chi connectivity index (χ1v) is 5.38. The van der Waals surface area contributed by atoms with Crippen LogP contribution in [0.25, 0.3) is 0 Å². The van der Waals surface area contributed by atoms with Crippen molar-refractivity contribution >= 4 is 11.9 Å². The third kappa shape index (κ3) is 3.30. The van der Waals surface area contributed by atoms with E-state index in [1.807, 2.05) is 6.92 Å². The molecule has 0 aliphatic rings. The molecule has 0 saturated heterocycles. The molecule has 0 spiro atoms. The van der Waals surface area contributed by atoms with Crippen molar-refractivity contribution in [1.29, 1.82) is 0 Å². The smallest absolute Gasteiger partial charge is 0.376 e. The first-order valence-electron chi connectivity index (χ1n) is 5.38. The highest BCUT2D eigenvalue weighted by atomic mass is 16.5. The van der Waals surface area contributed by atoms with Gasteiger partial charge >= 0.3 is 11.9 Å². The topological polar surface area (TPSA) is 87.9 Å². The lowest BCUT2D eigenvalue weighted by atomic mass is 10.3. The molecule has 100 valence electrons. The number of methoxy groups -OCH3 is 2. The van der Waals surface area contributed by atoms with Crippen LogP contribution >= 0.6 is 0 Å². The summed E-state index contributed by atoms with van der Waals surface area (Å²) in [5, 5.41) is 0. The zero-order valence-electron chi connectivity index (χ0n) is 10.5. The van der Waals surface area contributed by atoms with Gasteiger partial charge in [-0.25, -0.2) is 14.6 Å². The Labute approximate surface area is 104 Å². The predicted molar refractivity (Wildman–Crippen MR) is 59.4 cm³/mol. The number of carbonyl (C=O) groups excluding carboxylic acids is 2. The van der Waals surface area contributed by atoms with Crippen LogP contribution in [0.2, 0.25) is 0 Å². The van der Waals surface area contributed by atoms with Crippen molar-refractivity contribution in [2.45, 2.75) is 13.3 Å². The van der Waals surface area contributed by atoms with Gasteiger partial charge in [-0.2, -0.15) is 0 Å². The van der Waals surface area contributed by atoms with Crippen molar-refractivity contribution in [3.05, 3.63) is 17.3 Å². The number of rotatable bonds is 6. The van der Waals surface area contributed by atoms with Gasteiger partial charge < -0.3 is 18.6 Å². The van der Waals surface area contributed by atoms with Gasteiger partial charge in [-0.3, -0.25) is 0 Å². The maximum atomic E-state index is 11.4. The van der Waals surface area contributed by atoms with Crippen LogP contribution in [0.4, 0.5) is 0 Å². The molecule has 0 radical (unpaired) electrons. The Morgan fingerprint density at radius 3 is 2.44 bits per heavy atom. The summed E-state index contributed by atoms with van der Waals surface area (Å²) < 4.78 is 19.3. The summed E-state index contributed by atoms with van der Waals surface area (Å²) in [5.41, 5.74) is -0.184. The van der Waals surface area contributed by atoms with Gasteiger partial charge in [0.2, 0.25) is 11.5 Å². The van der Waals surface area contributed by atoms with E-state index in [4.69, 9.17) is 9.15 Å². The van der Waals surface area contributed by atoms with E-state index in [-0.39, 0.29) is 17.3 Å². The summed E-state index contributed by atoms with van der Waals surface area (Å²) in [7, 11) is 2.38. The fraction of sp³-hybridized carbons (Fsp3) is 0.545. The monoisotopic (exact) mass is 257 g/mol. The van der Waals surface area contributed by atoms with Gasteiger partial charge in [0, 0.05) is 13.0 Å². The molecule has 7 heteroatoms. The summed E-state index contributed by atoms with van der Waals surface area (Å²) in [6, 6.07) is 0. The Morgan fingerprint density at radius 2 is 1.89 bits per heavy atom. The van der Waals surface area contributed by atoms with E-state index in [1.165, 1.54) is 14.2 Å². The number of aromatic nitrogens is 1. The summed E-state index contributed by atoms with van der Waals surface area (Å²) in [6.07, 6.45) is 0.356. The first kappa shape index (κ1) is 14.2. The molecule has 0 atom stereocenters. The van der Waals surface area contributed by atoms with E-state index >= 15 is 0 Å². The van der Waals surface area contributed by atoms with Crippen LogP contribution in [0.1, 0.15) is 33.9 Å². The maximum absolute atomic E-state index is 11.4. The van der Waals surface area contributed by atoms with Crippen molar-refractivity contribution in [2.24, 2.45) is 0 Å². The van der Waals surface area contributed by atoms with Gasteiger partial charge in [0.25, 0.3) is 0 Å². The Morgan fingerprint density at radius 1 is 1.22 bits per heavy atom. The average molecular weight is 257 g/mol. The number of hydrogen-bond acceptors (Lipinski definition) is 7. The molecule has 1 aromatic heterocycles. The highest BCUT2D eigenvalue weighted by Crippen LogP contribution is 2.14. The SMILES string of the molecule is CCOCCc1nc(C(=O)OC)c(C(=O)OC)o1. The number of esters is 2. The van der Waals surface area contributed by atoms with Gasteiger partial charge in [-0.1, -0.05) is 0 Å². The lowest BCUT2D eigenvalue weighted by molar-refractivity contribution is 0.0525. The van der Waals surface area contributed by atoms with E-state index in [1.54, 1.807) is 0 Å². The Bertz CT molecular complexity index is 392. The zero-order chi connectivity index (χ0) is 13.5. The van der Waals surface area contributed by atoms with Gasteiger partial charge in [-0.05, 0) is 6.92 Å². The molecule has 7 nitrogen and oxygen atoms in total. The van der Waals surface area contributed by atoms with Crippen molar-refractivity contribution < 1.29 is 28.2 Å². The fourth-order valence-corrected chi connectivity index (χ4v) is 1.24. The van der Waals surface area contributed by atoms with Crippen LogP contribution in [-0.2, 0) is 20.6 Å². The van der Waals surface area contributed by atoms with Crippen molar-refractivity contribution in [3.8, 4) is 0 Å². The van der Waals surface area contributed by atoms with Crippen LogP contribution in [0, 0.1) is 0 Å². The molecule has 0 aliphatic carbocycles. The molecular weight excluding hydrogens is 242 g/mol. The molecule has 18 heavy (non-hydrogen) atoms. The van der Waals surface area contributed by atoms with Crippen LogP contribution in [0.15, 0.2) is 4.42 Å². The number of ether oxygens (including phenoxy) is 3. The minimum absolute atomic E-state index is 0.184. The molecule has 0 bridgehead atoms. The molecule has 1 aromatic rings. The van der Waals surface area contributed by atoms with E-state index in [2.05, 4.69) is 14.5 Å². The fourth-order valence-electron chi connectivity index (χ4n) is 1.24. The third-order valence-electron chi connectivity index (χ3n) is 2.09. The summed E-state index contributed by atoms with van der Waals surface area (Å²) >= 11 is 0. The van der Waals surface area contributed by atoms with Crippen molar-refractivity contribution in [2.75, 3.05) is 27.4 Å². The molecule has 0 N–H and O–H groups in total. The molecule has 1 rings (SSSR count). The molecule has 0 saturated carbocycles. The lowest BCUT2D eigenvalue weighted by Gasteiger charge is -1.96. The van der Waals surface area contributed by atoms with E-state index in [0.717, 1.165) is 0 Å². The Hall–Kier alpha value is -1.89. The van der Waals surface area contributed by atoms with E-state index in [9.17, 15) is 9.59 Å². The van der Waals surface area contributed by atoms with Gasteiger partial charge in [0.15, 0.2) is 5.89 Å². The Kier molecular flexibility index (Phi) is 5.31. The number of nitrogens with zero attached hydrogens (tertiary/aromatic N) is 1. The highest BCUT2D eigenvalue weighted by molar-refractivity contribution is 5.99. The number of hydrogen-bond donors (Lipinski definition) is 0. The second kappa shape index (κ2) is 6.75. The first-order chi connectivity index (χ1) is 8.63. The summed E-state index contributed by atoms with van der Waals surface area (Å²) in [5.74, 6) is -1.55. The average Bonchev–Trinajstić information content (AvgIpc) is 2.81. The van der Waals surface area contributed by atoms with E-state index in [0.29, 0.717) is 19.6 Å². The second-order valence-corrected chi connectivity index (χ2v) is 3.22. The second-order valence-electron chi connectivity index (χ2n) is 3.22. The summed E-state index contributed by atoms with van der Waals surface area (Å²) in [6.45, 7) is 2.81. The standard InChI is InChI=1S/C11H15NO6/c1-4-17-6-5-7-12-8(10(13)15-2)9(18-7)11(14)16-3/h4-6H2,1-3H3. The van der Waals surface area contributed by atoms with Crippen LogP contribution in [-0.4, -0.2) is 44.4 Å². The quantitative estimate of drug-likeness (QED) is 0.550. The third-order valence-corrected chi connectivity index (χ3v) is 2.09. The molecular formula is C11H15NO6. The largest absolute Gasteiger partial charge is 0.464 e. The molecule has 0 aromatic carbocycles. The molecule has 0 aliphatic heterocycles. The van der Waals surface area contributed by atoms with Crippen molar-refractivity contribution in [3.63, 3.8) is 0 Å². The zero-order valence-corrected chi connectivity index (χ0v) is 10.5. The molecule has 1 heterocycles. The van der Waals surface area contributed by atoms with Crippen molar-refractivity contribution in [1.82, 2.24) is 4.98 Å². The molecule has 0 amide bonds. The van der Waals surface area contributed by atoms with Gasteiger partial charge in [-0.15, -0.1) is 0 Å². The lowest BCUT2D eigenvalue weighted by Crippen LogP contribution is -2.10. The van der Waals surface area contributed by atoms with Gasteiger partial charge in [0.1, 0.15) is 0 Å². The molecule has 0 unspecified atom stereocenters. The number of carbonyl (C=O) groups is 2. The van der Waals surface area contributed by atoms with Gasteiger partial charge in [0.05, 0.1) is 20.8 Å². The minimum Gasteiger partial charge on any atom is -0.464 e. The maximum Gasteiger partial charge on any atom is 0.376 e. The Balaban J connectivity index is 2.92. The normalized spacial score (nSPS) is 10.2. The number of oxazole rings is 1. The molecule has 0 fully saturated rings. The minimum atomic E-state index is -0.773.